The summed E-state index contributed by atoms with van der Waals surface area (Å²) in [7, 11) is 0. The predicted molar refractivity (Wildman–Crippen MR) is 91.1 cm³/mol. The van der Waals surface area contributed by atoms with Crippen molar-refractivity contribution in [2.75, 3.05) is 5.32 Å². The molecular weight excluding hydrogens is 349 g/mol. The molecule has 0 atom stereocenters. The van der Waals surface area contributed by atoms with E-state index in [1.54, 1.807) is 30.3 Å². The molecule has 0 saturated carbocycles. The van der Waals surface area contributed by atoms with Crippen molar-refractivity contribution >= 4 is 34.8 Å². The summed E-state index contributed by atoms with van der Waals surface area (Å²) in [5.74, 6) is -0.144. The van der Waals surface area contributed by atoms with Gasteiger partial charge in [0.05, 0.1) is 10.6 Å². The lowest BCUT2D eigenvalue weighted by molar-refractivity contribution is 0.102. The van der Waals surface area contributed by atoms with Crippen LogP contribution in [0.15, 0.2) is 53.3 Å². The highest BCUT2D eigenvalue weighted by Gasteiger charge is 2.19. The summed E-state index contributed by atoms with van der Waals surface area (Å²) in [6.07, 6.45) is 1.19. The number of halogens is 2. The molecule has 0 aliphatic heterocycles. The Bertz CT molecular complexity index is 960. The van der Waals surface area contributed by atoms with Gasteiger partial charge >= 0.3 is 0 Å². The number of carbonyl (C=O) groups excluding carboxylic acids is 1. The summed E-state index contributed by atoms with van der Waals surface area (Å²) in [5.41, 5.74) is 1.54. The fourth-order valence-electron chi connectivity index (χ4n) is 2.12. The van der Waals surface area contributed by atoms with Crippen LogP contribution in [0.2, 0.25) is 10.0 Å². The van der Waals surface area contributed by atoms with E-state index >= 15 is 0 Å². The van der Waals surface area contributed by atoms with Gasteiger partial charge in [-0.3, -0.25) is 4.79 Å². The minimum absolute atomic E-state index is 0.123. The first-order valence-electron chi connectivity index (χ1n) is 6.79. The highest BCUT2D eigenvalue weighted by Crippen LogP contribution is 2.27. The number of aromatic nitrogens is 1. The van der Waals surface area contributed by atoms with Crippen molar-refractivity contribution in [3.8, 4) is 17.4 Å². The zero-order valence-electron chi connectivity index (χ0n) is 12.1. The average molecular weight is 358 g/mol. The molecule has 0 radical (unpaired) electrons. The van der Waals surface area contributed by atoms with Crippen LogP contribution in [0.3, 0.4) is 0 Å². The first-order chi connectivity index (χ1) is 11.6. The lowest BCUT2D eigenvalue weighted by atomic mass is 10.1. The van der Waals surface area contributed by atoms with Gasteiger partial charge in [0.25, 0.3) is 5.91 Å². The number of nitrogens with one attached hydrogen (secondary N) is 1. The Kier molecular flexibility index (Phi) is 4.52. The molecule has 0 aliphatic carbocycles. The molecule has 0 spiro atoms. The average Bonchev–Trinajstić information content (AvgIpc) is 3.05. The van der Waals surface area contributed by atoms with Gasteiger partial charge in [-0.15, -0.1) is 0 Å². The van der Waals surface area contributed by atoms with Crippen molar-refractivity contribution < 1.29 is 9.21 Å². The number of nitriles is 1. The van der Waals surface area contributed by atoms with Crippen LogP contribution >= 0.6 is 23.2 Å². The molecule has 3 aromatic rings. The number of hydrogen-bond acceptors (Lipinski definition) is 4. The van der Waals surface area contributed by atoms with Crippen LogP contribution in [0, 0.1) is 11.3 Å². The molecule has 1 heterocycles. The lowest BCUT2D eigenvalue weighted by Crippen LogP contribution is -2.13. The van der Waals surface area contributed by atoms with Gasteiger partial charge in [-0.2, -0.15) is 5.26 Å². The monoisotopic (exact) mass is 357 g/mol. The van der Waals surface area contributed by atoms with Crippen LogP contribution in [-0.2, 0) is 0 Å². The highest BCUT2D eigenvalue weighted by atomic mass is 35.5. The molecule has 0 fully saturated rings. The third kappa shape index (κ3) is 3.25. The smallest absolute Gasteiger partial charge is 0.278 e. The molecule has 1 aromatic heterocycles. The molecule has 0 bridgehead atoms. The Morgan fingerprint density at radius 3 is 2.75 bits per heavy atom. The van der Waals surface area contributed by atoms with Crippen molar-refractivity contribution in [2.24, 2.45) is 0 Å². The van der Waals surface area contributed by atoms with Crippen LogP contribution in [0.1, 0.15) is 16.1 Å². The molecule has 3 rings (SSSR count). The van der Waals surface area contributed by atoms with Crippen molar-refractivity contribution in [3.05, 3.63) is 70.2 Å². The Morgan fingerprint density at radius 1 is 1.21 bits per heavy atom. The quantitative estimate of drug-likeness (QED) is 0.731. The third-order valence-corrected chi connectivity index (χ3v) is 3.76. The Labute approximate surface area is 147 Å². The van der Waals surface area contributed by atoms with E-state index in [0.29, 0.717) is 27.6 Å². The van der Waals surface area contributed by atoms with Gasteiger partial charge in [0.2, 0.25) is 0 Å². The van der Waals surface area contributed by atoms with Gasteiger partial charge in [0, 0.05) is 16.3 Å². The van der Waals surface area contributed by atoms with Crippen LogP contribution in [0.5, 0.6) is 0 Å². The zero-order valence-corrected chi connectivity index (χ0v) is 13.6. The van der Waals surface area contributed by atoms with Crippen molar-refractivity contribution in [1.29, 1.82) is 5.26 Å². The number of nitrogens with zero attached hydrogens (tertiary/aromatic N) is 2. The van der Waals surface area contributed by atoms with E-state index in [4.69, 9.17) is 32.9 Å². The van der Waals surface area contributed by atoms with E-state index in [0.717, 1.165) is 0 Å². The fraction of sp³-hybridized carbons (Fsp3) is 0. The normalized spacial score (nSPS) is 10.2. The number of benzene rings is 2. The van der Waals surface area contributed by atoms with E-state index in [2.05, 4.69) is 10.3 Å². The van der Waals surface area contributed by atoms with E-state index < -0.39 is 5.91 Å². The number of amides is 1. The van der Waals surface area contributed by atoms with Crippen LogP contribution in [0.25, 0.3) is 11.3 Å². The minimum Gasteiger partial charge on any atom is -0.443 e. The van der Waals surface area contributed by atoms with Crippen molar-refractivity contribution in [2.45, 2.75) is 0 Å². The molecular formula is C17H9Cl2N3O2. The zero-order chi connectivity index (χ0) is 17.1. The third-order valence-electron chi connectivity index (χ3n) is 3.22. The molecule has 0 unspecified atom stereocenters. The van der Waals surface area contributed by atoms with Crippen molar-refractivity contribution in [3.63, 3.8) is 0 Å². The second-order valence-electron chi connectivity index (χ2n) is 4.80. The second-order valence-corrected chi connectivity index (χ2v) is 5.64. The van der Waals surface area contributed by atoms with E-state index in [-0.39, 0.29) is 10.7 Å². The van der Waals surface area contributed by atoms with Gasteiger partial charge < -0.3 is 9.73 Å². The maximum absolute atomic E-state index is 12.4. The maximum atomic E-state index is 12.4. The number of oxazole rings is 1. The van der Waals surface area contributed by atoms with Gasteiger partial charge in [0.1, 0.15) is 6.07 Å². The standard InChI is InChI=1S/C17H9Cl2N3O2/c18-12-3-1-2-10(6-12)16-15(21-9-24-16)17(23)22-13-5-4-11(8-20)14(19)7-13/h1-7,9H,(H,22,23). The molecule has 24 heavy (non-hydrogen) atoms. The van der Waals surface area contributed by atoms with Crippen LogP contribution in [-0.4, -0.2) is 10.9 Å². The lowest BCUT2D eigenvalue weighted by Gasteiger charge is -2.06. The predicted octanol–water partition coefficient (Wildman–Crippen LogP) is 4.77. The Morgan fingerprint density at radius 2 is 2.04 bits per heavy atom. The molecule has 2 aromatic carbocycles. The van der Waals surface area contributed by atoms with Crippen LogP contribution < -0.4 is 5.32 Å². The second kappa shape index (κ2) is 6.75. The SMILES string of the molecule is N#Cc1ccc(NC(=O)c2ncoc2-c2cccc(Cl)c2)cc1Cl. The first-order valence-corrected chi connectivity index (χ1v) is 7.54. The van der Waals surface area contributed by atoms with Crippen LogP contribution in [0.4, 0.5) is 5.69 Å². The maximum Gasteiger partial charge on any atom is 0.278 e. The fourth-order valence-corrected chi connectivity index (χ4v) is 2.53. The number of rotatable bonds is 3. The molecule has 0 aliphatic rings. The first kappa shape index (κ1) is 16.1. The van der Waals surface area contributed by atoms with Gasteiger partial charge in [-0.05, 0) is 30.3 Å². The van der Waals surface area contributed by atoms with Crippen molar-refractivity contribution in [1.82, 2.24) is 4.98 Å². The number of carbonyl (C=O) groups is 1. The van der Waals surface area contributed by atoms with Gasteiger partial charge in [-0.1, -0.05) is 35.3 Å². The van der Waals surface area contributed by atoms with E-state index in [9.17, 15) is 4.79 Å². The molecule has 5 nitrogen and oxygen atoms in total. The highest BCUT2D eigenvalue weighted by molar-refractivity contribution is 6.32. The van der Waals surface area contributed by atoms with E-state index in [1.807, 2.05) is 6.07 Å². The topological polar surface area (TPSA) is 78.9 Å². The largest absolute Gasteiger partial charge is 0.443 e. The number of hydrogen-bond donors (Lipinski definition) is 1. The summed E-state index contributed by atoms with van der Waals surface area (Å²) < 4.78 is 5.33. The Balaban J connectivity index is 1.88. The summed E-state index contributed by atoms with van der Waals surface area (Å²) >= 11 is 11.9. The number of anilines is 1. The van der Waals surface area contributed by atoms with Gasteiger partial charge in [-0.25, -0.2) is 4.98 Å². The molecule has 118 valence electrons. The summed E-state index contributed by atoms with van der Waals surface area (Å²) in [6, 6.07) is 13.5. The molecule has 1 amide bonds. The summed E-state index contributed by atoms with van der Waals surface area (Å²) in [6.45, 7) is 0. The molecule has 0 saturated heterocycles. The Hall–Kier alpha value is -2.81. The summed E-state index contributed by atoms with van der Waals surface area (Å²) in [4.78, 5) is 16.4. The van der Waals surface area contributed by atoms with E-state index in [1.165, 1.54) is 18.5 Å². The summed E-state index contributed by atoms with van der Waals surface area (Å²) in [5, 5.41) is 12.3. The molecule has 1 N–H and O–H groups in total. The molecule has 7 heteroatoms. The minimum atomic E-state index is -0.459. The van der Waals surface area contributed by atoms with Gasteiger partial charge in [0.15, 0.2) is 17.8 Å².